The van der Waals surface area contributed by atoms with E-state index < -0.39 is 6.02 Å². The van der Waals surface area contributed by atoms with Crippen molar-refractivity contribution in [2.45, 2.75) is 44.7 Å². The Morgan fingerprint density at radius 2 is 2.64 bits per heavy atom. The van der Waals surface area contributed by atoms with Crippen LogP contribution in [0.1, 0.15) is 34.0 Å². The second kappa shape index (κ2) is 5.50. The monoisotopic (exact) mass is 196 g/mol. The van der Waals surface area contributed by atoms with E-state index in [1.165, 1.54) is 0 Å². The van der Waals surface area contributed by atoms with E-state index in [4.69, 9.17) is 6.90 Å². The van der Waals surface area contributed by atoms with Crippen LogP contribution in [0.2, 0.25) is 0 Å². The van der Waals surface area contributed by atoms with Crippen LogP contribution in [0.25, 0.3) is 10.4 Å². The third-order valence-electron chi connectivity index (χ3n) is 1.90. The molecular formula is C9H15N4O. The van der Waals surface area contributed by atoms with Crippen LogP contribution in [0, 0.1) is 6.42 Å². The van der Waals surface area contributed by atoms with E-state index in [1.54, 1.807) is 0 Å². The molecule has 0 bridgehead atoms. The van der Waals surface area contributed by atoms with Gasteiger partial charge in [0.05, 0.1) is 6.42 Å². The van der Waals surface area contributed by atoms with Gasteiger partial charge in [-0.05, 0) is 24.8 Å². The summed E-state index contributed by atoms with van der Waals surface area (Å²) in [5.74, 6) is -0.312. The van der Waals surface area contributed by atoms with Gasteiger partial charge in [-0.15, -0.1) is 0 Å². The van der Waals surface area contributed by atoms with Gasteiger partial charge in [-0.2, -0.15) is 0 Å². The van der Waals surface area contributed by atoms with Gasteiger partial charge >= 0.3 is 0 Å². The number of nitrogens with one attached hydrogen (secondary N) is 1. The van der Waals surface area contributed by atoms with Crippen molar-refractivity contribution in [1.82, 2.24) is 5.32 Å². The number of hydrogen-bond donors (Lipinski definition) is 1. The van der Waals surface area contributed by atoms with Crippen LogP contribution >= 0.6 is 0 Å². The van der Waals surface area contributed by atoms with Crippen molar-refractivity contribution in [2.75, 3.05) is 0 Å². The fourth-order valence-electron chi connectivity index (χ4n) is 1.09. The van der Waals surface area contributed by atoms with Gasteiger partial charge in [-0.1, -0.05) is 18.5 Å². The number of nitrogens with zero attached hydrogens (tertiary/aromatic N) is 3. The summed E-state index contributed by atoms with van der Waals surface area (Å²) in [6.45, 7) is 1.88. The van der Waals surface area contributed by atoms with Crippen molar-refractivity contribution in [1.29, 1.82) is 0 Å². The molecule has 1 N–H and O–H groups in total. The van der Waals surface area contributed by atoms with Crippen LogP contribution in [0.5, 0.6) is 0 Å². The molecule has 1 aliphatic rings. The summed E-state index contributed by atoms with van der Waals surface area (Å²) in [5.41, 5.74) is 8.32. The Balaban J connectivity index is 2.47. The first kappa shape index (κ1) is 9.34. The number of hydrogen-bond acceptors (Lipinski definition) is 2. The highest BCUT2D eigenvalue weighted by Crippen LogP contribution is 2.19. The minimum atomic E-state index is -1.44. The van der Waals surface area contributed by atoms with Crippen molar-refractivity contribution in [3.63, 3.8) is 0 Å². The van der Waals surface area contributed by atoms with Crippen LogP contribution in [0.3, 0.4) is 0 Å². The first-order valence-electron chi connectivity index (χ1n) is 5.32. The first-order valence-corrected chi connectivity index (χ1v) is 4.82. The Morgan fingerprint density at radius 1 is 1.93 bits per heavy atom. The largest absolute Gasteiger partial charge is 0.353 e. The van der Waals surface area contributed by atoms with Crippen LogP contribution < -0.4 is 5.32 Å². The van der Waals surface area contributed by atoms with Gasteiger partial charge in [-0.25, -0.2) is 0 Å². The molecule has 1 amide bonds. The zero-order valence-corrected chi connectivity index (χ0v) is 8.23. The number of amides is 1. The van der Waals surface area contributed by atoms with E-state index in [2.05, 4.69) is 15.3 Å². The standard InChI is InChI=1S/C9H15N4O/c1-2-3-8(12-13-10)6-9(14)11-7-4-5-7/h6-8H,2-5H2,1H3,(H,11,14)/i8D. The van der Waals surface area contributed by atoms with E-state index in [-0.39, 0.29) is 11.9 Å². The van der Waals surface area contributed by atoms with Crippen LogP contribution in [0.4, 0.5) is 0 Å². The molecule has 0 aromatic rings. The quantitative estimate of drug-likeness (QED) is 0.393. The number of carbonyl (C=O) groups is 1. The van der Waals surface area contributed by atoms with E-state index in [0.29, 0.717) is 12.8 Å². The topological polar surface area (TPSA) is 77.9 Å². The highest BCUT2D eigenvalue weighted by Gasteiger charge is 2.24. The molecule has 14 heavy (non-hydrogen) atoms. The second-order valence-corrected chi connectivity index (χ2v) is 3.36. The maximum Gasteiger partial charge on any atom is 0.224 e. The molecule has 5 heteroatoms. The Labute approximate surface area is 84.9 Å². The fourth-order valence-corrected chi connectivity index (χ4v) is 1.09. The normalized spacial score (nSPS) is 20.2. The maximum atomic E-state index is 11.4. The van der Waals surface area contributed by atoms with E-state index in [0.717, 1.165) is 19.3 Å². The van der Waals surface area contributed by atoms with Crippen molar-refractivity contribution in [3.8, 4) is 0 Å². The van der Waals surface area contributed by atoms with Crippen molar-refractivity contribution in [2.24, 2.45) is 5.11 Å². The highest BCUT2D eigenvalue weighted by molar-refractivity contribution is 5.86. The number of carbonyl (C=O) groups excluding carboxylic acids is 1. The van der Waals surface area contributed by atoms with E-state index >= 15 is 0 Å². The molecule has 1 saturated carbocycles. The molecule has 0 saturated heterocycles. The lowest BCUT2D eigenvalue weighted by Gasteiger charge is -2.08. The van der Waals surface area contributed by atoms with E-state index in [9.17, 15) is 4.79 Å². The predicted molar refractivity (Wildman–Crippen MR) is 53.3 cm³/mol. The molecule has 1 aliphatic carbocycles. The molecule has 0 aliphatic heterocycles. The summed E-state index contributed by atoms with van der Waals surface area (Å²) in [7, 11) is 0. The average Bonchev–Trinajstić information content (AvgIpc) is 2.87. The van der Waals surface area contributed by atoms with Crippen molar-refractivity contribution in [3.05, 3.63) is 16.9 Å². The van der Waals surface area contributed by atoms with E-state index in [1.807, 2.05) is 6.92 Å². The van der Waals surface area contributed by atoms with Crippen LogP contribution in [0.15, 0.2) is 5.11 Å². The average molecular weight is 196 g/mol. The van der Waals surface area contributed by atoms with Gasteiger partial charge in [-0.3, -0.25) is 4.79 Å². The molecule has 1 unspecified atom stereocenters. The molecule has 77 valence electrons. The Morgan fingerprint density at radius 3 is 3.14 bits per heavy atom. The molecule has 0 spiro atoms. The maximum absolute atomic E-state index is 11.4. The first-order chi connectivity index (χ1) is 7.09. The molecule has 5 nitrogen and oxygen atoms in total. The van der Waals surface area contributed by atoms with Crippen molar-refractivity contribution >= 4 is 5.91 Å². The molecule has 0 aromatic heterocycles. The molecule has 1 radical (unpaired) electrons. The third-order valence-corrected chi connectivity index (χ3v) is 1.90. The fraction of sp³-hybridized carbons (Fsp3) is 0.778. The summed E-state index contributed by atoms with van der Waals surface area (Å²) in [4.78, 5) is 14.0. The smallest absolute Gasteiger partial charge is 0.224 e. The lowest BCUT2D eigenvalue weighted by molar-refractivity contribution is -0.118. The van der Waals surface area contributed by atoms with Gasteiger partial charge in [0.1, 0.15) is 0 Å². The lowest BCUT2D eigenvalue weighted by Crippen LogP contribution is -2.29. The third kappa shape index (κ3) is 4.14. The Bertz CT molecular complexity index is 286. The Hall–Kier alpha value is -1.22. The van der Waals surface area contributed by atoms with Crippen LogP contribution in [-0.2, 0) is 4.79 Å². The van der Waals surface area contributed by atoms with Crippen molar-refractivity contribution < 1.29 is 6.17 Å². The Kier molecular flexibility index (Phi) is 3.67. The molecule has 0 aromatic carbocycles. The molecule has 0 heterocycles. The van der Waals surface area contributed by atoms with Gasteiger partial charge in [0, 0.05) is 18.3 Å². The molecule has 1 atom stereocenters. The molecule has 1 rings (SSSR count). The summed E-state index contributed by atoms with van der Waals surface area (Å²) in [6, 6.07) is -1.19. The predicted octanol–water partition coefficient (Wildman–Crippen LogP) is 1.95. The number of rotatable bonds is 6. The lowest BCUT2D eigenvalue weighted by atomic mass is 10.1. The number of azide groups is 1. The SMILES string of the molecule is [2H]C([CH]C(=O)NC1CC1)(CCC)N=[N+]=[N-]. The van der Waals surface area contributed by atoms with Crippen LogP contribution in [-0.4, -0.2) is 18.0 Å². The summed E-state index contributed by atoms with van der Waals surface area (Å²) >= 11 is 0. The minimum Gasteiger partial charge on any atom is -0.353 e. The highest BCUT2D eigenvalue weighted by atomic mass is 16.1. The summed E-state index contributed by atoms with van der Waals surface area (Å²) < 4.78 is 7.78. The molecular weight excluding hydrogens is 180 g/mol. The summed E-state index contributed by atoms with van der Waals surface area (Å²) in [6.07, 6.45) is 4.21. The molecule has 1 fully saturated rings. The minimum absolute atomic E-state index is 0.255. The second-order valence-electron chi connectivity index (χ2n) is 3.36. The van der Waals surface area contributed by atoms with Gasteiger partial charge < -0.3 is 5.32 Å². The summed E-state index contributed by atoms with van der Waals surface area (Å²) in [5, 5.41) is 6.07. The zero-order chi connectivity index (χ0) is 11.3. The van der Waals surface area contributed by atoms with Gasteiger partial charge in [0.15, 0.2) is 0 Å². The van der Waals surface area contributed by atoms with Gasteiger partial charge in [0.25, 0.3) is 0 Å². The zero-order valence-electron chi connectivity index (χ0n) is 9.23. The van der Waals surface area contributed by atoms with Gasteiger partial charge in [0.2, 0.25) is 5.91 Å².